The minimum atomic E-state index is 0.0758. The van der Waals surface area contributed by atoms with Crippen LogP contribution in [0.15, 0.2) is 0 Å². The zero-order chi connectivity index (χ0) is 12.3. The molecular weight excluding hydrogens is 218 g/mol. The second-order valence-corrected chi connectivity index (χ2v) is 5.49. The largest absolute Gasteiger partial charge is 0.381 e. The van der Waals surface area contributed by atoms with Gasteiger partial charge in [0.1, 0.15) is 0 Å². The summed E-state index contributed by atoms with van der Waals surface area (Å²) >= 11 is 0. The minimum Gasteiger partial charge on any atom is -0.381 e. The molecule has 1 N–H and O–H groups in total. The zero-order valence-electron chi connectivity index (χ0n) is 10.8. The molecule has 1 aromatic heterocycles. The smallest absolute Gasteiger partial charge is 0.165 e. The Bertz CT molecular complexity index is 351. The maximum atomic E-state index is 5.35. The Hall–Kier alpha value is -1.01. The lowest BCUT2D eigenvalue weighted by atomic mass is 10.1. The van der Waals surface area contributed by atoms with E-state index < -0.39 is 0 Å². The monoisotopic (exact) mass is 239 g/mol. The van der Waals surface area contributed by atoms with Crippen LogP contribution >= 0.6 is 0 Å². The van der Waals surface area contributed by atoms with Crippen molar-refractivity contribution in [1.82, 2.24) is 25.5 Å². The van der Waals surface area contributed by atoms with E-state index >= 15 is 0 Å². The molecule has 2 rings (SSSR count). The van der Waals surface area contributed by atoms with Gasteiger partial charge in [-0.2, -0.15) is 0 Å². The quantitative estimate of drug-likeness (QED) is 0.849. The lowest BCUT2D eigenvalue weighted by Crippen LogP contribution is -2.36. The van der Waals surface area contributed by atoms with Crippen LogP contribution in [0.3, 0.4) is 0 Å². The highest BCUT2D eigenvalue weighted by molar-refractivity contribution is 4.87. The van der Waals surface area contributed by atoms with E-state index in [1.165, 1.54) is 0 Å². The Kier molecular flexibility index (Phi) is 3.73. The summed E-state index contributed by atoms with van der Waals surface area (Å²) in [5, 5.41) is 15.4. The molecule has 0 saturated carbocycles. The Labute approximate surface area is 102 Å². The van der Waals surface area contributed by atoms with Crippen molar-refractivity contribution in [3.63, 3.8) is 0 Å². The molecule has 2 heterocycles. The van der Waals surface area contributed by atoms with Gasteiger partial charge in [-0.3, -0.25) is 0 Å². The van der Waals surface area contributed by atoms with Crippen molar-refractivity contribution in [2.75, 3.05) is 13.2 Å². The van der Waals surface area contributed by atoms with E-state index in [4.69, 9.17) is 4.74 Å². The first-order valence-electron chi connectivity index (χ1n) is 6.16. The molecule has 0 bridgehead atoms. The van der Waals surface area contributed by atoms with Crippen molar-refractivity contribution in [2.45, 2.75) is 51.7 Å². The summed E-state index contributed by atoms with van der Waals surface area (Å²) < 4.78 is 7.30. The number of hydrogen-bond acceptors (Lipinski definition) is 5. The van der Waals surface area contributed by atoms with Gasteiger partial charge in [0.15, 0.2) is 5.82 Å². The molecule has 0 atom stereocenters. The first-order valence-corrected chi connectivity index (χ1v) is 6.16. The van der Waals surface area contributed by atoms with Crippen LogP contribution in [0.2, 0.25) is 0 Å². The molecule has 17 heavy (non-hydrogen) atoms. The summed E-state index contributed by atoms with van der Waals surface area (Å²) in [4.78, 5) is 0. The van der Waals surface area contributed by atoms with Gasteiger partial charge in [0, 0.05) is 18.8 Å². The van der Waals surface area contributed by atoms with Crippen LogP contribution in [0.5, 0.6) is 0 Å². The van der Waals surface area contributed by atoms with Gasteiger partial charge in [0.25, 0.3) is 0 Å². The zero-order valence-corrected chi connectivity index (χ0v) is 10.8. The van der Waals surface area contributed by atoms with Crippen molar-refractivity contribution in [3.05, 3.63) is 5.82 Å². The first kappa shape index (κ1) is 12.4. The second-order valence-electron chi connectivity index (χ2n) is 5.49. The average Bonchev–Trinajstić information content (AvgIpc) is 2.75. The highest BCUT2D eigenvalue weighted by atomic mass is 16.5. The molecule has 0 unspecified atom stereocenters. The molecule has 0 aromatic carbocycles. The van der Waals surface area contributed by atoms with E-state index in [0.29, 0.717) is 12.6 Å². The van der Waals surface area contributed by atoms with Crippen molar-refractivity contribution < 1.29 is 4.74 Å². The number of nitrogens with zero attached hydrogens (tertiary/aromatic N) is 4. The van der Waals surface area contributed by atoms with Crippen LogP contribution in [0, 0.1) is 0 Å². The fraction of sp³-hybridized carbons (Fsp3) is 0.909. The molecule has 1 saturated heterocycles. The summed E-state index contributed by atoms with van der Waals surface area (Å²) in [6.07, 6.45) is 1.99. The van der Waals surface area contributed by atoms with Crippen molar-refractivity contribution in [3.8, 4) is 0 Å². The molecule has 1 aliphatic heterocycles. The molecule has 6 nitrogen and oxygen atoms in total. The lowest BCUT2D eigenvalue weighted by Gasteiger charge is -2.24. The van der Waals surface area contributed by atoms with Crippen molar-refractivity contribution in [2.24, 2.45) is 0 Å². The predicted octanol–water partition coefficient (Wildman–Crippen LogP) is 0.913. The van der Waals surface area contributed by atoms with Crippen molar-refractivity contribution in [1.29, 1.82) is 0 Å². The summed E-state index contributed by atoms with van der Waals surface area (Å²) in [5.74, 6) is 0.909. The van der Waals surface area contributed by atoms with Gasteiger partial charge in [-0.05, 0) is 44.0 Å². The summed E-state index contributed by atoms with van der Waals surface area (Å²) in [5.41, 5.74) is 0.0758. The van der Waals surface area contributed by atoms with Gasteiger partial charge >= 0.3 is 0 Å². The van der Waals surface area contributed by atoms with E-state index in [1.807, 2.05) is 4.68 Å². The highest BCUT2D eigenvalue weighted by Crippen LogP contribution is 2.20. The molecular formula is C11H21N5O. The van der Waals surface area contributed by atoms with Crippen molar-refractivity contribution >= 4 is 0 Å². The van der Waals surface area contributed by atoms with E-state index in [-0.39, 0.29) is 5.54 Å². The number of rotatable bonds is 3. The standard InChI is InChI=1S/C11H21N5O/c1-11(2,3)12-8-10-13-14-15-16(10)9-4-6-17-7-5-9/h9,12H,4-8H2,1-3H3. The van der Waals surface area contributed by atoms with Crippen LogP contribution in [-0.2, 0) is 11.3 Å². The Morgan fingerprint density at radius 1 is 1.35 bits per heavy atom. The third-order valence-corrected chi connectivity index (χ3v) is 2.87. The third-order valence-electron chi connectivity index (χ3n) is 2.87. The number of nitrogens with one attached hydrogen (secondary N) is 1. The molecule has 1 aromatic rings. The summed E-state index contributed by atoms with van der Waals surface area (Å²) in [6, 6.07) is 0.385. The maximum Gasteiger partial charge on any atom is 0.165 e. The van der Waals surface area contributed by atoms with Gasteiger partial charge in [-0.1, -0.05) is 0 Å². The Morgan fingerprint density at radius 3 is 2.71 bits per heavy atom. The molecule has 96 valence electrons. The number of ether oxygens (including phenoxy) is 1. The Balaban J connectivity index is 2.00. The molecule has 0 amide bonds. The maximum absolute atomic E-state index is 5.35. The number of hydrogen-bond donors (Lipinski definition) is 1. The predicted molar refractivity (Wildman–Crippen MR) is 63.5 cm³/mol. The fourth-order valence-corrected chi connectivity index (χ4v) is 1.89. The number of aromatic nitrogens is 4. The minimum absolute atomic E-state index is 0.0758. The van der Waals surface area contributed by atoms with E-state index in [9.17, 15) is 0 Å². The van der Waals surface area contributed by atoms with Gasteiger partial charge in [0.2, 0.25) is 0 Å². The molecule has 1 fully saturated rings. The highest BCUT2D eigenvalue weighted by Gasteiger charge is 2.21. The second kappa shape index (κ2) is 5.10. The van der Waals surface area contributed by atoms with E-state index in [0.717, 1.165) is 31.9 Å². The SMILES string of the molecule is CC(C)(C)NCc1nnnn1C1CCOCC1. The summed E-state index contributed by atoms with van der Waals surface area (Å²) in [7, 11) is 0. The molecule has 0 aliphatic carbocycles. The molecule has 1 aliphatic rings. The third kappa shape index (κ3) is 3.47. The van der Waals surface area contributed by atoms with Crippen LogP contribution in [0.4, 0.5) is 0 Å². The van der Waals surface area contributed by atoms with Crippen LogP contribution in [0.25, 0.3) is 0 Å². The van der Waals surface area contributed by atoms with Crippen LogP contribution in [-0.4, -0.2) is 39.0 Å². The molecule has 0 spiro atoms. The van der Waals surface area contributed by atoms with Gasteiger partial charge < -0.3 is 10.1 Å². The first-order chi connectivity index (χ1) is 8.06. The molecule has 6 heteroatoms. The van der Waals surface area contributed by atoms with Crippen LogP contribution in [0.1, 0.15) is 45.5 Å². The van der Waals surface area contributed by atoms with Gasteiger partial charge in [0.05, 0.1) is 12.6 Å². The van der Waals surface area contributed by atoms with Gasteiger partial charge in [-0.15, -0.1) is 5.10 Å². The summed E-state index contributed by atoms with van der Waals surface area (Å²) in [6.45, 7) is 8.71. The fourth-order valence-electron chi connectivity index (χ4n) is 1.89. The lowest BCUT2D eigenvalue weighted by molar-refractivity contribution is 0.0646. The van der Waals surface area contributed by atoms with E-state index in [1.54, 1.807) is 0 Å². The number of tetrazole rings is 1. The van der Waals surface area contributed by atoms with Crippen LogP contribution < -0.4 is 5.32 Å². The molecule has 0 radical (unpaired) electrons. The topological polar surface area (TPSA) is 64.9 Å². The van der Waals surface area contributed by atoms with E-state index in [2.05, 4.69) is 41.6 Å². The average molecular weight is 239 g/mol. The Morgan fingerprint density at radius 2 is 2.06 bits per heavy atom. The normalized spacial score (nSPS) is 18.5. The van der Waals surface area contributed by atoms with Gasteiger partial charge in [-0.25, -0.2) is 4.68 Å².